The van der Waals surface area contributed by atoms with Crippen LogP contribution in [0.4, 0.5) is 0 Å². The highest BCUT2D eigenvalue weighted by molar-refractivity contribution is 5.78. The number of rotatable bonds is 7. The van der Waals surface area contributed by atoms with E-state index in [-0.39, 0.29) is 0 Å². The van der Waals surface area contributed by atoms with E-state index in [1.54, 1.807) is 0 Å². The SMILES string of the molecule is C=CCCC=CCCC(=O)CC. The number of carbonyl (C=O) groups excluding carboxylic acids is 1. The molecule has 1 heteroatoms. The van der Waals surface area contributed by atoms with Gasteiger partial charge in [0.25, 0.3) is 0 Å². The third-order valence-corrected chi connectivity index (χ3v) is 1.69. The summed E-state index contributed by atoms with van der Waals surface area (Å²) in [6.45, 7) is 5.54. The molecule has 0 amide bonds. The van der Waals surface area contributed by atoms with Crippen molar-refractivity contribution in [1.29, 1.82) is 0 Å². The van der Waals surface area contributed by atoms with Crippen molar-refractivity contribution in [3.8, 4) is 0 Å². The Labute approximate surface area is 75.2 Å². The zero-order valence-electron chi connectivity index (χ0n) is 7.88. The summed E-state index contributed by atoms with van der Waals surface area (Å²) in [6, 6.07) is 0. The van der Waals surface area contributed by atoms with Crippen LogP contribution in [0.5, 0.6) is 0 Å². The van der Waals surface area contributed by atoms with E-state index in [1.807, 2.05) is 13.0 Å². The lowest BCUT2D eigenvalue weighted by molar-refractivity contribution is -0.118. The van der Waals surface area contributed by atoms with Crippen LogP contribution in [0.25, 0.3) is 0 Å². The topological polar surface area (TPSA) is 17.1 Å². The fourth-order valence-electron chi connectivity index (χ4n) is 0.871. The Morgan fingerprint density at radius 1 is 1.25 bits per heavy atom. The molecule has 68 valence electrons. The molecule has 0 atom stereocenters. The summed E-state index contributed by atoms with van der Waals surface area (Å²) in [4.78, 5) is 10.9. The zero-order valence-corrected chi connectivity index (χ0v) is 7.88. The number of unbranched alkanes of at least 4 members (excludes halogenated alkanes) is 1. The predicted octanol–water partition coefficient (Wildman–Crippen LogP) is 3.27. The van der Waals surface area contributed by atoms with Crippen LogP contribution in [0.2, 0.25) is 0 Å². The molecule has 0 rings (SSSR count). The van der Waals surface area contributed by atoms with Crippen molar-refractivity contribution in [1.82, 2.24) is 0 Å². The lowest BCUT2D eigenvalue weighted by atomic mass is 10.1. The van der Waals surface area contributed by atoms with E-state index in [1.165, 1.54) is 0 Å². The van der Waals surface area contributed by atoms with Gasteiger partial charge in [0.1, 0.15) is 5.78 Å². The Morgan fingerprint density at radius 3 is 2.50 bits per heavy atom. The molecule has 0 aliphatic rings. The van der Waals surface area contributed by atoms with Crippen molar-refractivity contribution in [2.75, 3.05) is 0 Å². The van der Waals surface area contributed by atoms with Gasteiger partial charge in [0.15, 0.2) is 0 Å². The van der Waals surface area contributed by atoms with Crippen LogP contribution in [0.1, 0.15) is 39.0 Å². The predicted molar refractivity (Wildman–Crippen MR) is 53.1 cm³/mol. The Hall–Kier alpha value is -0.850. The van der Waals surface area contributed by atoms with Crippen LogP contribution in [0, 0.1) is 0 Å². The minimum absolute atomic E-state index is 0.350. The number of carbonyl (C=O) groups is 1. The fraction of sp³-hybridized carbons (Fsp3) is 0.545. The normalized spacial score (nSPS) is 10.4. The third kappa shape index (κ3) is 7.26. The Morgan fingerprint density at radius 2 is 1.92 bits per heavy atom. The number of Topliss-reactive ketones (excluding diaryl/α,β-unsaturated/α-hetero) is 1. The van der Waals surface area contributed by atoms with Gasteiger partial charge in [-0.2, -0.15) is 0 Å². The fourth-order valence-corrected chi connectivity index (χ4v) is 0.871. The first-order chi connectivity index (χ1) is 5.81. The smallest absolute Gasteiger partial charge is 0.132 e. The van der Waals surface area contributed by atoms with Crippen molar-refractivity contribution < 1.29 is 4.79 Å². The lowest BCUT2D eigenvalue weighted by Crippen LogP contribution is -1.92. The van der Waals surface area contributed by atoms with Crippen molar-refractivity contribution in [3.05, 3.63) is 24.8 Å². The maximum Gasteiger partial charge on any atom is 0.132 e. The van der Waals surface area contributed by atoms with Gasteiger partial charge in [-0.05, 0) is 19.3 Å². The van der Waals surface area contributed by atoms with Crippen molar-refractivity contribution >= 4 is 5.78 Å². The first-order valence-corrected chi connectivity index (χ1v) is 4.58. The summed E-state index contributed by atoms with van der Waals surface area (Å²) >= 11 is 0. The van der Waals surface area contributed by atoms with Crippen LogP contribution < -0.4 is 0 Å². The molecule has 1 nitrogen and oxygen atoms in total. The minimum Gasteiger partial charge on any atom is -0.300 e. The molecule has 0 N–H and O–H groups in total. The maximum atomic E-state index is 10.9. The molecule has 0 saturated heterocycles. The molecule has 0 aliphatic carbocycles. The molecule has 0 bridgehead atoms. The number of hydrogen-bond donors (Lipinski definition) is 0. The highest BCUT2D eigenvalue weighted by Crippen LogP contribution is 1.98. The Balaban J connectivity index is 3.23. The second-order valence-corrected chi connectivity index (χ2v) is 2.77. The molecule has 0 radical (unpaired) electrons. The van der Waals surface area contributed by atoms with E-state index >= 15 is 0 Å². The van der Waals surface area contributed by atoms with E-state index in [2.05, 4.69) is 18.7 Å². The molecular weight excluding hydrogens is 148 g/mol. The van der Waals surface area contributed by atoms with Gasteiger partial charge in [0.2, 0.25) is 0 Å². The Kier molecular flexibility index (Phi) is 7.66. The highest BCUT2D eigenvalue weighted by atomic mass is 16.1. The van der Waals surface area contributed by atoms with Crippen LogP contribution in [-0.2, 0) is 4.79 Å². The maximum absolute atomic E-state index is 10.9. The van der Waals surface area contributed by atoms with Gasteiger partial charge in [-0.15, -0.1) is 6.58 Å². The molecule has 0 heterocycles. The number of hydrogen-bond acceptors (Lipinski definition) is 1. The van der Waals surface area contributed by atoms with Crippen molar-refractivity contribution in [3.63, 3.8) is 0 Å². The molecule has 0 aliphatic heterocycles. The summed E-state index contributed by atoms with van der Waals surface area (Å²) < 4.78 is 0. The monoisotopic (exact) mass is 166 g/mol. The average Bonchev–Trinajstić information content (AvgIpc) is 2.10. The molecule has 0 aromatic carbocycles. The van der Waals surface area contributed by atoms with Gasteiger partial charge in [-0.25, -0.2) is 0 Å². The van der Waals surface area contributed by atoms with Gasteiger partial charge in [-0.3, -0.25) is 4.79 Å². The van der Waals surface area contributed by atoms with E-state index in [9.17, 15) is 4.79 Å². The second kappa shape index (κ2) is 8.25. The van der Waals surface area contributed by atoms with Gasteiger partial charge in [0.05, 0.1) is 0 Å². The van der Waals surface area contributed by atoms with Crippen LogP contribution in [0.15, 0.2) is 24.8 Å². The molecule has 0 saturated carbocycles. The van der Waals surface area contributed by atoms with Crippen LogP contribution in [0.3, 0.4) is 0 Å². The molecule has 0 unspecified atom stereocenters. The number of ketones is 1. The highest BCUT2D eigenvalue weighted by Gasteiger charge is 1.93. The van der Waals surface area contributed by atoms with Gasteiger partial charge < -0.3 is 0 Å². The lowest BCUT2D eigenvalue weighted by Gasteiger charge is -1.91. The molecule has 0 spiro atoms. The van der Waals surface area contributed by atoms with Gasteiger partial charge in [-0.1, -0.05) is 25.2 Å². The van der Waals surface area contributed by atoms with Crippen molar-refractivity contribution in [2.24, 2.45) is 0 Å². The van der Waals surface area contributed by atoms with Gasteiger partial charge >= 0.3 is 0 Å². The summed E-state index contributed by atoms with van der Waals surface area (Å²) in [5, 5.41) is 0. The standard InChI is InChI=1S/C11H18O/c1-3-5-6-7-8-9-10-11(12)4-2/h3,7-8H,1,4-6,9-10H2,2H3. The zero-order chi connectivity index (χ0) is 9.23. The third-order valence-electron chi connectivity index (χ3n) is 1.69. The van der Waals surface area contributed by atoms with Crippen molar-refractivity contribution in [2.45, 2.75) is 39.0 Å². The summed E-state index contributed by atoms with van der Waals surface area (Å²) in [6.07, 6.45) is 10.4. The number of allylic oxidation sites excluding steroid dienone is 3. The summed E-state index contributed by atoms with van der Waals surface area (Å²) in [5.41, 5.74) is 0. The molecule has 0 fully saturated rings. The minimum atomic E-state index is 0.350. The molecule has 0 aromatic rings. The second-order valence-electron chi connectivity index (χ2n) is 2.77. The summed E-state index contributed by atoms with van der Waals surface area (Å²) in [5.74, 6) is 0.350. The van der Waals surface area contributed by atoms with E-state index < -0.39 is 0 Å². The van der Waals surface area contributed by atoms with E-state index in [0.717, 1.165) is 19.3 Å². The average molecular weight is 166 g/mol. The Bertz CT molecular complexity index is 156. The van der Waals surface area contributed by atoms with E-state index in [0.29, 0.717) is 18.6 Å². The molecular formula is C11H18O. The first kappa shape index (κ1) is 11.2. The summed E-state index contributed by atoms with van der Waals surface area (Å²) in [7, 11) is 0. The molecule has 0 aromatic heterocycles. The van der Waals surface area contributed by atoms with Crippen LogP contribution >= 0.6 is 0 Å². The first-order valence-electron chi connectivity index (χ1n) is 4.58. The van der Waals surface area contributed by atoms with Gasteiger partial charge in [0, 0.05) is 12.8 Å². The van der Waals surface area contributed by atoms with Crippen LogP contribution in [-0.4, -0.2) is 5.78 Å². The quantitative estimate of drug-likeness (QED) is 0.419. The van der Waals surface area contributed by atoms with E-state index in [4.69, 9.17) is 0 Å². The largest absolute Gasteiger partial charge is 0.300 e. The molecule has 12 heavy (non-hydrogen) atoms.